The van der Waals surface area contributed by atoms with Crippen molar-refractivity contribution >= 4 is 28.9 Å². The lowest BCUT2D eigenvalue weighted by molar-refractivity contribution is -0.129. The van der Waals surface area contributed by atoms with Crippen LogP contribution in [0, 0.1) is 5.92 Å². The number of carbonyl (C=O) groups is 2. The number of para-hydroxylation sites is 3. The summed E-state index contributed by atoms with van der Waals surface area (Å²) in [6.07, 6.45) is 4.83. The molecule has 1 atom stereocenters. The minimum Gasteiger partial charge on any atom is -0.354 e. The van der Waals surface area contributed by atoms with Gasteiger partial charge in [-0.15, -0.1) is 0 Å². The van der Waals surface area contributed by atoms with Gasteiger partial charge in [0.15, 0.2) is 0 Å². The SMILES string of the molecule is O=C(Nc1ccccc1Nc1ccccc1)C1CC(=O)N(C2CCCC2)C1. The van der Waals surface area contributed by atoms with Crippen LogP contribution in [0.15, 0.2) is 54.6 Å². The molecule has 2 aromatic rings. The summed E-state index contributed by atoms with van der Waals surface area (Å²) < 4.78 is 0. The van der Waals surface area contributed by atoms with Gasteiger partial charge in [-0.25, -0.2) is 0 Å². The third-order valence-corrected chi connectivity index (χ3v) is 5.53. The topological polar surface area (TPSA) is 61.4 Å². The maximum Gasteiger partial charge on any atom is 0.229 e. The average molecular weight is 363 g/mol. The van der Waals surface area contributed by atoms with Crippen LogP contribution in [0.2, 0.25) is 0 Å². The lowest BCUT2D eigenvalue weighted by Crippen LogP contribution is -2.35. The molecule has 0 bridgehead atoms. The Kier molecular flexibility index (Phi) is 5.10. The highest BCUT2D eigenvalue weighted by Crippen LogP contribution is 2.31. The fourth-order valence-corrected chi connectivity index (χ4v) is 4.09. The molecule has 2 aromatic carbocycles. The number of amides is 2. The molecular weight excluding hydrogens is 338 g/mol. The second kappa shape index (κ2) is 7.82. The van der Waals surface area contributed by atoms with E-state index >= 15 is 0 Å². The van der Waals surface area contributed by atoms with Crippen molar-refractivity contribution in [3.05, 3.63) is 54.6 Å². The molecule has 2 fully saturated rings. The van der Waals surface area contributed by atoms with Crippen LogP contribution >= 0.6 is 0 Å². The average Bonchev–Trinajstić information content (AvgIpc) is 3.33. The van der Waals surface area contributed by atoms with Crippen LogP contribution in [-0.2, 0) is 9.59 Å². The minimum atomic E-state index is -0.275. The van der Waals surface area contributed by atoms with Crippen LogP contribution < -0.4 is 10.6 Å². The second-order valence-electron chi connectivity index (χ2n) is 7.41. The number of hydrogen-bond donors (Lipinski definition) is 2. The zero-order valence-electron chi connectivity index (χ0n) is 15.4. The molecule has 1 heterocycles. The maximum atomic E-state index is 12.8. The molecule has 2 aliphatic rings. The monoisotopic (exact) mass is 363 g/mol. The molecule has 1 aliphatic heterocycles. The van der Waals surface area contributed by atoms with E-state index in [4.69, 9.17) is 0 Å². The summed E-state index contributed by atoms with van der Waals surface area (Å²) in [4.78, 5) is 27.1. The van der Waals surface area contributed by atoms with Crippen LogP contribution in [-0.4, -0.2) is 29.3 Å². The predicted octanol–water partition coefficient (Wildman–Crippen LogP) is 4.16. The van der Waals surface area contributed by atoms with Crippen LogP contribution in [0.3, 0.4) is 0 Å². The summed E-state index contributed by atoms with van der Waals surface area (Å²) in [6, 6.07) is 17.8. The molecule has 1 saturated heterocycles. The van der Waals surface area contributed by atoms with Crippen molar-refractivity contribution in [2.24, 2.45) is 5.92 Å². The van der Waals surface area contributed by atoms with Crippen molar-refractivity contribution < 1.29 is 9.59 Å². The number of nitrogens with one attached hydrogen (secondary N) is 2. The Labute approximate surface area is 159 Å². The van der Waals surface area contributed by atoms with E-state index in [-0.39, 0.29) is 17.7 Å². The first-order valence-electron chi connectivity index (χ1n) is 9.72. The quantitative estimate of drug-likeness (QED) is 0.838. The second-order valence-corrected chi connectivity index (χ2v) is 7.41. The smallest absolute Gasteiger partial charge is 0.229 e. The fraction of sp³-hybridized carbons (Fsp3) is 0.364. The first-order chi connectivity index (χ1) is 13.2. The Hall–Kier alpha value is -2.82. The Bertz CT molecular complexity index is 815. The number of rotatable bonds is 5. The van der Waals surface area contributed by atoms with Gasteiger partial charge in [-0.2, -0.15) is 0 Å². The van der Waals surface area contributed by atoms with Gasteiger partial charge < -0.3 is 15.5 Å². The van der Waals surface area contributed by atoms with Crippen LogP contribution in [0.25, 0.3) is 0 Å². The molecule has 1 unspecified atom stereocenters. The van der Waals surface area contributed by atoms with E-state index in [2.05, 4.69) is 10.6 Å². The van der Waals surface area contributed by atoms with Gasteiger partial charge in [0.2, 0.25) is 11.8 Å². The van der Waals surface area contributed by atoms with Gasteiger partial charge in [0.1, 0.15) is 0 Å². The minimum absolute atomic E-state index is 0.0776. The van der Waals surface area contributed by atoms with Crippen LogP contribution in [0.4, 0.5) is 17.1 Å². The van der Waals surface area contributed by atoms with Crippen LogP contribution in [0.1, 0.15) is 32.1 Å². The van der Waals surface area contributed by atoms with Gasteiger partial charge in [-0.3, -0.25) is 9.59 Å². The Morgan fingerprint density at radius 3 is 2.33 bits per heavy atom. The van der Waals surface area contributed by atoms with Crippen molar-refractivity contribution in [1.82, 2.24) is 4.90 Å². The molecule has 1 saturated carbocycles. The third-order valence-electron chi connectivity index (χ3n) is 5.53. The standard InChI is InChI=1S/C22H25N3O2/c26-21-14-16(15-25(21)18-10-4-5-11-18)22(27)24-20-13-7-6-12-19(20)23-17-8-2-1-3-9-17/h1-3,6-9,12-13,16,18,23H,4-5,10-11,14-15H2,(H,24,27). The van der Waals surface area contributed by atoms with Gasteiger partial charge in [-0.05, 0) is 37.1 Å². The number of likely N-dealkylation sites (tertiary alicyclic amines) is 1. The van der Waals surface area contributed by atoms with Gasteiger partial charge in [0.05, 0.1) is 17.3 Å². The van der Waals surface area contributed by atoms with Gasteiger partial charge in [0, 0.05) is 24.7 Å². The van der Waals surface area contributed by atoms with Crippen molar-refractivity contribution in [2.75, 3.05) is 17.2 Å². The lowest BCUT2D eigenvalue weighted by atomic mass is 10.1. The van der Waals surface area contributed by atoms with Crippen molar-refractivity contribution in [3.8, 4) is 0 Å². The zero-order chi connectivity index (χ0) is 18.6. The molecular formula is C22H25N3O2. The number of benzene rings is 2. The van der Waals surface area contributed by atoms with E-state index in [1.807, 2.05) is 59.5 Å². The van der Waals surface area contributed by atoms with E-state index < -0.39 is 0 Å². The molecule has 2 N–H and O–H groups in total. The van der Waals surface area contributed by atoms with Crippen molar-refractivity contribution in [1.29, 1.82) is 0 Å². The van der Waals surface area contributed by atoms with Crippen LogP contribution in [0.5, 0.6) is 0 Å². The highest BCUT2D eigenvalue weighted by molar-refractivity contribution is 5.99. The predicted molar refractivity (Wildman–Crippen MR) is 107 cm³/mol. The number of anilines is 3. The summed E-state index contributed by atoms with van der Waals surface area (Å²) in [7, 11) is 0. The molecule has 5 nitrogen and oxygen atoms in total. The van der Waals surface area contributed by atoms with E-state index in [1.54, 1.807) is 0 Å². The number of carbonyl (C=O) groups excluding carboxylic acids is 2. The highest BCUT2D eigenvalue weighted by Gasteiger charge is 2.38. The van der Waals surface area contributed by atoms with Gasteiger partial charge >= 0.3 is 0 Å². The summed E-state index contributed by atoms with van der Waals surface area (Å²) in [5.41, 5.74) is 2.54. The number of nitrogens with zero attached hydrogens (tertiary/aromatic N) is 1. The maximum absolute atomic E-state index is 12.8. The van der Waals surface area contributed by atoms with E-state index in [1.165, 1.54) is 12.8 Å². The zero-order valence-corrected chi connectivity index (χ0v) is 15.4. The third kappa shape index (κ3) is 3.97. The molecule has 0 aromatic heterocycles. The molecule has 27 heavy (non-hydrogen) atoms. The first kappa shape index (κ1) is 17.6. The summed E-state index contributed by atoms with van der Waals surface area (Å²) in [6.45, 7) is 0.545. The normalized spacial score (nSPS) is 20.1. The van der Waals surface area contributed by atoms with E-state index in [0.717, 1.165) is 29.9 Å². The Morgan fingerprint density at radius 1 is 0.926 bits per heavy atom. The lowest BCUT2D eigenvalue weighted by Gasteiger charge is -2.24. The molecule has 0 spiro atoms. The fourth-order valence-electron chi connectivity index (χ4n) is 4.09. The Morgan fingerprint density at radius 2 is 1.59 bits per heavy atom. The molecule has 1 aliphatic carbocycles. The Balaban J connectivity index is 1.43. The molecule has 140 valence electrons. The largest absolute Gasteiger partial charge is 0.354 e. The van der Waals surface area contributed by atoms with E-state index in [0.29, 0.717) is 19.0 Å². The first-order valence-corrected chi connectivity index (χ1v) is 9.72. The molecule has 5 heteroatoms. The van der Waals surface area contributed by atoms with Gasteiger partial charge in [-0.1, -0.05) is 43.2 Å². The highest BCUT2D eigenvalue weighted by atomic mass is 16.2. The summed E-state index contributed by atoms with van der Waals surface area (Å²) in [5, 5.41) is 6.36. The number of hydrogen-bond acceptors (Lipinski definition) is 3. The molecule has 0 radical (unpaired) electrons. The summed E-state index contributed by atoms with van der Waals surface area (Å²) >= 11 is 0. The molecule has 2 amide bonds. The van der Waals surface area contributed by atoms with Gasteiger partial charge in [0.25, 0.3) is 0 Å². The summed E-state index contributed by atoms with van der Waals surface area (Å²) in [5.74, 6) is -0.230. The molecule has 4 rings (SSSR count). The van der Waals surface area contributed by atoms with Crippen molar-refractivity contribution in [2.45, 2.75) is 38.1 Å². The van der Waals surface area contributed by atoms with E-state index in [9.17, 15) is 9.59 Å². The van der Waals surface area contributed by atoms with Crippen molar-refractivity contribution in [3.63, 3.8) is 0 Å².